The Labute approximate surface area is 150 Å². The molecule has 0 unspecified atom stereocenters. The second-order valence-corrected chi connectivity index (χ2v) is 10.4. The Balaban J connectivity index is 2.40. The van der Waals surface area contributed by atoms with Crippen LogP contribution >= 0.6 is 32.9 Å². The number of benzene rings is 1. The first kappa shape index (κ1) is 16.8. The van der Waals surface area contributed by atoms with Gasteiger partial charge >= 0.3 is 0 Å². The number of hydrogen-bond donors (Lipinski definition) is 0. The molecule has 5 heteroatoms. The molecule has 1 aliphatic rings. The van der Waals surface area contributed by atoms with Gasteiger partial charge in [-0.15, -0.1) is 0 Å². The van der Waals surface area contributed by atoms with Crippen LogP contribution in [0.1, 0.15) is 45.1 Å². The van der Waals surface area contributed by atoms with Crippen molar-refractivity contribution in [3.05, 3.63) is 32.5 Å². The zero-order valence-electron chi connectivity index (χ0n) is 14.3. The predicted molar refractivity (Wildman–Crippen MR) is 103 cm³/mol. The van der Waals surface area contributed by atoms with Crippen LogP contribution in [-0.2, 0) is 10.3 Å². The van der Waals surface area contributed by atoms with Gasteiger partial charge in [-0.05, 0) is 26.3 Å². The third-order valence-corrected chi connectivity index (χ3v) is 7.65. The molecule has 1 amide bonds. The van der Waals surface area contributed by atoms with Crippen molar-refractivity contribution in [1.29, 1.82) is 0 Å². The second kappa shape index (κ2) is 5.23. The monoisotopic (exact) mass is 363 g/mol. The third kappa shape index (κ3) is 2.41. The maximum Gasteiger partial charge on any atom is 0.233 e. The van der Waals surface area contributed by atoms with Gasteiger partial charge in [0.2, 0.25) is 5.91 Å². The summed E-state index contributed by atoms with van der Waals surface area (Å²) < 4.78 is 0.924. The molecule has 0 radical (unpaired) electrons. The van der Waals surface area contributed by atoms with Crippen LogP contribution in [0.4, 0.5) is 5.69 Å². The van der Waals surface area contributed by atoms with Crippen LogP contribution in [0.25, 0.3) is 11.1 Å². The summed E-state index contributed by atoms with van der Waals surface area (Å²) in [6.07, 6.45) is 0. The highest BCUT2D eigenvalue weighted by atomic mass is 32.9. The van der Waals surface area contributed by atoms with Crippen LogP contribution in [-0.4, -0.2) is 5.91 Å². The third-order valence-electron chi connectivity index (χ3n) is 4.32. The van der Waals surface area contributed by atoms with Gasteiger partial charge in [0.1, 0.15) is 3.82 Å². The first-order chi connectivity index (χ1) is 10.6. The number of anilines is 1. The van der Waals surface area contributed by atoms with Crippen molar-refractivity contribution in [2.45, 2.75) is 47.1 Å². The molecule has 0 saturated carbocycles. The average Bonchev–Trinajstić information content (AvgIpc) is 2.82. The van der Waals surface area contributed by atoms with Crippen LogP contribution < -0.4 is 4.90 Å². The molecular weight excluding hydrogens is 342 g/mol. The van der Waals surface area contributed by atoms with Gasteiger partial charge in [0.15, 0.2) is 0 Å². The molecule has 2 nitrogen and oxygen atoms in total. The van der Waals surface area contributed by atoms with Crippen molar-refractivity contribution in [2.75, 3.05) is 4.90 Å². The smallest absolute Gasteiger partial charge is 0.233 e. The van der Waals surface area contributed by atoms with Gasteiger partial charge in [0, 0.05) is 16.5 Å². The Morgan fingerprint density at radius 2 is 1.87 bits per heavy atom. The molecule has 23 heavy (non-hydrogen) atoms. The molecule has 0 N–H and O–H groups in total. The van der Waals surface area contributed by atoms with E-state index in [4.69, 9.17) is 12.2 Å². The Morgan fingerprint density at radius 3 is 2.48 bits per heavy atom. The molecular formula is C18H21NOS3. The van der Waals surface area contributed by atoms with Crippen LogP contribution in [0.15, 0.2) is 18.2 Å². The van der Waals surface area contributed by atoms with E-state index in [1.54, 1.807) is 20.7 Å². The number of carbonyl (C=O) groups excluding carboxylic acids is 1. The second-order valence-electron chi connectivity index (χ2n) is 7.58. The zero-order valence-corrected chi connectivity index (χ0v) is 16.8. The molecule has 0 fully saturated rings. The number of rotatable bonds is 0. The van der Waals surface area contributed by atoms with Crippen LogP contribution in [0.3, 0.4) is 0 Å². The van der Waals surface area contributed by atoms with Crippen LogP contribution in [0.5, 0.6) is 0 Å². The molecule has 0 saturated heterocycles. The SMILES string of the molecule is Cc1cccc2c1N(C(=O)C(C)(C)C)C(C)(C)c1ssc(=S)c1-2. The average molecular weight is 364 g/mol. The summed E-state index contributed by atoms with van der Waals surface area (Å²) in [6.45, 7) is 12.3. The lowest BCUT2D eigenvalue weighted by Gasteiger charge is -2.46. The van der Waals surface area contributed by atoms with E-state index in [0.717, 1.165) is 26.2 Å². The maximum atomic E-state index is 13.3. The normalized spacial score (nSPS) is 16.0. The van der Waals surface area contributed by atoms with Gasteiger partial charge < -0.3 is 4.90 Å². The molecule has 0 bridgehead atoms. The number of nitrogens with zero attached hydrogens (tertiary/aromatic N) is 1. The molecule has 0 spiro atoms. The summed E-state index contributed by atoms with van der Waals surface area (Å²) in [5.41, 5.74) is 3.55. The zero-order chi connectivity index (χ0) is 17.2. The quantitative estimate of drug-likeness (QED) is 0.414. The van der Waals surface area contributed by atoms with Gasteiger partial charge in [-0.3, -0.25) is 4.79 Å². The number of hydrogen-bond acceptors (Lipinski definition) is 4. The summed E-state index contributed by atoms with van der Waals surface area (Å²) in [6, 6.07) is 6.21. The fourth-order valence-electron chi connectivity index (χ4n) is 3.13. The summed E-state index contributed by atoms with van der Waals surface area (Å²) in [5.74, 6) is 0.146. The highest BCUT2D eigenvalue weighted by Crippen LogP contribution is 2.53. The van der Waals surface area contributed by atoms with E-state index >= 15 is 0 Å². The topological polar surface area (TPSA) is 20.3 Å². The van der Waals surface area contributed by atoms with Crippen molar-refractivity contribution in [3.8, 4) is 11.1 Å². The molecule has 2 heterocycles. The van der Waals surface area contributed by atoms with Crippen molar-refractivity contribution in [1.82, 2.24) is 0 Å². The Bertz CT molecular complexity index is 852. The molecule has 122 valence electrons. The van der Waals surface area contributed by atoms with E-state index in [1.165, 1.54) is 4.88 Å². The van der Waals surface area contributed by atoms with Gasteiger partial charge in [0.25, 0.3) is 0 Å². The van der Waals surface area contributed by atoms with Gasteiger partial charge in [0.05, 0.1) is 16.1 Å². The molecule has 0 aliphatic carbocycles. The number of aryl methyl sites for hydroxylation is 1. The fourth-order valence-corrected chi connectivity index (χ4v) is 6.41. The number of para-hydroxylation sites is 1. The fraction of sp³-hybridized carbons (Fsp3) is 0.444. The lowest BCUT2D eigenvalue weighted by Crippen LogP contribution is -2.52. The minimum atomic E-state index is -0.439. The van der Waals surface area contributed by atoms with E-state index in [-0.39, 0.29) is 5.91 Å². The maximum absolute atomic E-state index is 13.3. The van der Waals surface area contributed by atoms with E-state index in [0.29, 0.717) is 0 Å². The predicted octanol–water partition coefficient (Wildman–Crippen LogP) is 6.14. The standard InChI is InChI=1S/C18H21NOS3/c1-10-8-7-9-11-12-14(22-23-15(12)21)18(5,6)19(13(10)11)16(20)17(2,3)4/h7-9H,1-6H3. The summed E-state index contributed by atoms with van der Waals surface area (Å²) in [5, 5.41) is 0. The molecule has 3 rings (SSSR count). The minimum absolute atomic E-state index is 0.146. The first-order valence-electron chi connectivity index (χ1n) is 7.65. The van der Waals surface area contributed by atoms with Crippen molar-refractivity contribution < 1.29 is 4.79 Å². The largest absolute Gasteiger partial charge is 0.301 e. The number of amides is 1. The molecule has 1 aromatic carbocycles. The summed E-state index contributed by atoms with van der Waals surface area (Å²) in [4.78, 5) is 16.5. The Kier molecular flexibility index (Phi) is 3.82. The highest BCUT2D eigenvalue weighted by Gasteiger charge is 2.46. The first-order valence-corrected chi connectivity index (χ1v) is 10.2. The lowest BCUT2D eigenvalue weighted by molar-refractivity contribution is -0.127. The van der Waals surface area contributed by atoms with E-state index in [2.05, 4.69) is 32.9 Å². The highest BCUT2D eigenvalue weighted by molar-refractivity contribution is 7.80. The van der Waals surface area contributed by atoms with E-state index < -0.39 is 11.0 Å². The Hall–Kier alpha value is -1.04. The summed E-state index contributed by atoms with van der Waals surface area (Å²) >= 11 is 5.60. The number of carbonyl (C=O) groups is 1. The molecule has 1 aromatic heterocycles. The molecule has 2 aromatic rings. The van der Waals surface area contributed by atoms with E-state index in [1.807, 2.05) is 31.7 Å². The van der Waals surface area contributed by atoms with E-state index in [9.17, 15) is 4.79 Å². The van der Waals surface area contributed by atoms with Crippen molar-refractivity contribution in [2.24, 2.45) is 5.41 Å². The Morgan fingerprint density at radius 1 is 1.22 bits per heavy atom. The van der Waals surface area contributed by atoms with Crippen LogP contribution in [0, 0.1) is 16.2 Å². The minimum Gasteiger partial charge on any atom is -0.301 e. The molecule has 0 atom stereocenters. The lowest BCUT2D eigenvalue weighted by atomic mass is 9.83. The molecule has 1 aliphatic heterocycles. The number of fused-ring (bicyclic) bond motifs is 3. The van der Waals surface area contributed by atoms with Gasteiger partial charge in [-0.2, -0.15) is 0 Å². The van der Waals surface area contributed by atoms with Crippen molar-refractivity contribution >= 4 is 44.5 Å². The summed E-state index contributed by atoms with van der Waals surface area (Å²) in [7, 11) is 3.34. The van der Waals surface area contributed by atoms with Crippen molar-refractivity contribution in [3.63, 3.8) is 0 Å². The van der Waals surface area contributed by atoms with Gasteiger partial charge in [-0.25, -0.2) is 0 Å². The van der Waals surface area contributed by atoms with Gasteiger partial charge in [-0.1, -0.05) is 71.9 Å². The van der Waals surface area contributed by atoms with Crippen LogP contribution in [0.2, 0.25) is 0 Å².